The van der Waals surface area contributed by atoms with Crippen molar-refractivity contribution in [3.63, 3.8) is 0 Å². The summed E-state index contributed by atoms with van der Waals surface area (Å²) < 4.78 is 0. The van der Waals surface area contributed by atoms with E-state index in [4.69, 9.17) is 0 Å². The van der Waals surface area contributed by atoms with Gasteiger partial charge in [-0.2, -0.15) is 0 Å². The van der Waals surface area contributed by atoms with Crippen molar-refractivity contribution in [3.8, 4) is 0 Å². The van der Waals surface area contributed by atoms with Crippen LogP contribution < -0.4 is 0 Å². The fraction of sp³-hybridized carbons (Fsp3) is 0.500. The van der Waals surface area contributed by atoms with Gasteiger partial charge in [0.25, 0.3) is 0 Å². The fourth-order valence-corrected chi connectivity index (χ4v) is 2.28. The predicted octanol–water partition coefficient (Wildman–Crippen LogP) is 4.66. The van der Waals surface area contributed by atoms with Gasteiger partial charge in [-0.3, -0.25) is 0 Å². The van der Waals surface area contributed by atoms with Gasteiger partial charge in [0.15, 0.2) is 0 Å². The van der Waals surface area contributed by atoms with E-state index in [2.05, 4.69) is 43.8 Å². The highest BCUT2D eigenvalue weighted by atomic mass is 15.1. The second kappa shape index (κ2) is 6.48. The molecule has 1 heterocycles. The monoisotopic (exact) mass is 231 g/mol. The highest BCUT2D eigenvalue weighted by Gasteiger charge is 2.23. The third-order valence-corrected chi connectivity index (χ3v) is 3.52. The summed E-state index contributed by atoms with van der Waals surface area (Å²) in [4.78, 5) is 2.28. The molecule has 1 atom stereocenters. The molecule has 1 heteroatoms. The Morgan fingerprint density at radius 3 is 2.76 bits per heavy atom. The molecular weight excluding hydrogens is 206 g/mol. The largest absolute Gasteiger partial charge is 0.352 e. The van der Waals surface area contributed by atoms with Crippen molar-refractivity contribution >= 4 is 0 Å². The van der Waals surface area contributed by atoms with Crippen LogP contribution in [0.4, 0.5) is 0 Å². The van der Waals surface area contributed by atoms with Crippen molar-refractivity contribution in [2.75, 3.05) is 6.54 Å². The van der Waals surface area contributed by atoms with Crippen LogP contribution in [0.5, 0.6) is 0 Å². The Labute approximate surface area is 106 Å². The van der Waals surface area contributed by atoms with Gasteiger partial charge < -0.3 is 4.90 Å². The minimum Gasteiger partial charge on any atom is -0.352 e. The lowest BCUT2D eigenvalue weighted by Crippen LogP contribution is -2.09. The van der Waals surface area contributed by atoms with E-state index in [0.29, 0.717) is 5.92 Å². The van der Waals surface area contributed by atoms with Crippen LogP contribution in [0.1, 0.15) is 39.5 Å². The van der Waals surface area contributed by atoms with Gasteiger partial charge >= 0.3 is 0 Å². The summed E-state index contributed by atoms with van der Waals surface area (Å²) in [5.74, 6) is 0.657. The molecule has 0 spiro atoms. The molecular formula is C16H25N. The second-order valence-corrected chi connectivity index (χ2v) is 4.93. The van der Waals surface area contributed by atoms with Gasteiger partial charge in [-0.05, 0) is 45.7 Å². The summed E-state index contributed by atoms with van der Waals surface area (Å²) >= 11 is 0. The smallest absolute Gasteiger partial charge is 0.0228 e. The predicted molar refractivity (Wildman–Crippen MR) is 76.6 cm³/mol. The van der Waals surface area contributed by atoms with Crippen LogP contribution in [0.3, 0.4) is 0 Å². The molecule has 94 valence electrons. The lowest BCUT2D eigenvalue weighted by Gasteiger charge is -2.17. The number of likely N-dealkylation sites (tertiary alicyclic amines) is 1. The van der Waals surface area contributed by atoms with Crippen LogP contribution in [0.15, 0.2) is 48.9 Å². The number of allylic oxidation sites excluding steroid dienone is 4. The Hall–Kier alpha value is -1.24. The molecule has 0 aromatic rings. The van der Waals surface area contributed by atoms with Crippen molar-refractivity contribution in [2.45, 2.75) is 39.5 Å². The third kappa shape index (κ3) is 3.92. The van der Waals surface area contributed by atoms with Crippen LogP contribution >= 0.6 is 0 Å². The number of hydrogen-bond acceptors (Lipinski definition) is 1. The Balaban J connectivity index is 2.32. The van der Waals surface area contributed by atoms with Gasteiger partial charge in [0, 0.05) is 18.2 Å². The van der Waals surface area contributed by atoms with Gasteiger partial charge in [0.05, 0.1) is 0 Å². The van der Waals surface area contributed by atoms with Crippen LogP contribution in [0.2, 0.25) is 0 Å². The molecule has 1 nitrogen and oxygen atoms in total. The summed E-state index contributed by atoms with van der Waals surface area (Å²) in [6.07, 6.45) is 8.94. The van der Waals surface area contributed by atoms with E-state index in [-0.39, 0.29) is 0 Å². The lowest BCUT2D eigenvalue weighted by molar-refractivity contribution is 0.517. The molecule has 0 saturated carbocycles. The first-order valence-electron chi connectivity index (χ1n) is 6.48. The van der Waals surface area contributed by atoms with E-state index in [1.165, 1.54) is 30.5 Å². The molecule has 1 aliphatic rings. The maximum atomic E-state index is 4.20. The van der Waals surface area contributed by atoms with Crippen molar-refractivity contribution in [1.82, 2.24) is 4.90 Å². The first-order chi connectivity index (χ1) is 8.06. The van der Waals surface area contributed by atoms with Crippen LogP contribution in [0.25, 0.3) is 0 Å². The molecule has 0 aromatic carbocycles. The van der Waals surface area contributed by atoms with Gasteiger partial charge in [-0.1, -0.05) is 37.0 Å². The van der Waals surface area contributed by atoms with E-state index < -0.39 is 0 Å². The maximum Gasteiger partial charge on any atom is 0.0228 e. The highest BCUT2D eigenvalue weighted by molar-refractivity contribution is 5.22. The van der Waals surface area contributed by atoms with E-state index >= 15 is 0 Å². The van der Waals surface area contributed by atoms with Crippen LogP contribution in [0, 0.1) is 5.92 Å². The summed E-state index contributed by atoms with van der Waals surface area (Å²) in [6.45, 7) is 17.4. The van der Waals surface area contributed by atoms with E-state index in [9.17, 15) is 0 Å². The topological polar surface area (TPSA) is 3.24 Å². The van der Waals surface area contributed by atoms with E-state index in [0.717, 1.165) is 18.5 Å². The molecule has 0 N–H and O–H groups in total. The zero-order valence-corrected chi connectivity index (χ0v) is 11.3. The van der Waals surface area contributed by atoms with Crippen LogP contribution in [-0.2, 0) is 0 Å². The Morgan fingerprint density at radius 1 is 1.47 bits per heavy atom. The first kappa shape index (κ1) is 13.8. The lowest BCUT2D eigenvalue weighted by atomic mass is 9.96. The molecule has 0 amide bonds. The van der Waals surface area contributed by atoms with Crippen molar-refractivity contribution in [3.05, 3.63) is 48.9 Å². The van der Waals surface area contributed by atoms with Crippen molar-refractivity contribution in [1.29, 1.82) is 0 Å². The van der Waals surface area contributed by atoms with Gasteiger partial charge in [0.2, 0.25) is 0 Å². The molecule has 17 heavy (non-hydrogen) atoms. The highest BCUT2D eigenvalue weighted by Crippen LogP contribution is 2.31. The molecule has 1 saturated heterocycles. The van der Waals surface area contributed by atoms with Gasteiger partial charge in [0.1, 0.15) is 0 Å². The standard InChI is InChI=1S/C16H25N/c1-6-11-17-12-10-16(15(17)5)9-7-8-14(4)13(2)3/h6,11,16H,2,4-5,7-10,12H2,1,3H3/b11-6+. The minimum atomic E-state index is 0.657. The molecule has 0 bridgehead atoms. The summed E-state index contributed by atoms with van der Waals surface area (Å²) in [7, 11) is 0. The zero-order valence-electron chi connectivity index (χ0n) is 11.3. The van der Waals surface area contributed by atoms with Crippen molar-refractivity contribution in [2.24, 2.45) is 5.92 Å². The Kier molecular flexibility index (Phi) is 5.27. The molecule has 0 aliphatic carbocycles. The Bertz CT molecular complexity index is 335. The molecule has 1 aliphatic heterocycles. The number of hydrogen-bond donors (Lipinski definition) is 0. The summed E-state index contributed by atoms with van der Waals surface area (Å²) in [6, 6.07) is 0. The normalized spacial score (nSPS) is 20.2. The molecule has 1 rings (SSSR count). The number of nitrogens with zero attached hydrogens (tertiary/aromatic N) is 1. The quantitative estimate of drug-likeness (QED) is 0.601. The average molecular weight is 231 g/mol. The van der Waals surface area contributed by atoms with E-state index in [1.54, 1.807) is 0 Å². The van der Waals surface area contributed by atoms with Crippen LogP contribution in [-0.4, -0.2) is 11.4 Å². The summed E-state index contributed by atoms with van der Waals surface area (Å²) in [5.41, 5.74) is 3.59. The SMILES string of the molecule is C=C(C)C(=C)CCCC1CCN(/C=C/C)C1=C. The summed E-state index contributed by atoms with van der Waals surface area (Å²) in [5, 5.41) is 0. The third-order valence-electron chi connectivity index (χ3n) is 3.52. The van der Waals surface area contributed by atoms with E-state index in [1.807, 2.05) is 6.92 Å². The van der Waals surface area contributed by atoms with Gasteiger partial charge in [-0.25, -0.2) is 0 Å². The molecule has 0 radical (unpaired) electrons. The Morgan fingerprint density at radius 2 is 2.18 bits per heavy atom. The molecule has 0 aromatic heterocycles. The maximum absolute atomic E-state index is 4.20. The zero-order chi connectivity index (χ0) is 12.8. The van der Waals surface area contributed by atoms with Gasteiger partial charge in [-0.15, -0.1) is 0 Å². The molecule has 1 fully saturated rings. The first-order valence-corrected chi connectivity index (χ1v) is 6.48. The average Bonchev–Trinajstić information content (AvgIpc) is 2.62. The fourth-order valence-electron chi connectivity index (χ4n) is 2.28. The molecule has 1 unspecified atom stereocenters. The minimum absolute atomic E-state index is 0.657. The van der Waals surface area contributed by atoms with Crippen molar-refractivity contribution < 1.29 is 0 Å². The number of rotatable bonds is 6. The second-order valence-electron chi connectivity index (χ2n) is 4.93.